The molecule has 0 radical (unpaired) electrons. The molecule has 1 saturated heterocycles. The lowest BCUT2D eigenvalue weighted by Crippen LogP contribution is -2.43. The van der Waals surface area contributed by atoms with Crippen molar-refractivity contribution in [1.82, 2.24) is 20.4 Å². The number of hydrogen-bond donors (Lipinski definition) is 1. The van der Waals surface area contributed by atoms with Crippen LogP contribution in [0.1, 0.15) is 24.3 Å². The van der Waals surface area contributed by atoms with E-state index < -0.39 is 0 Å². The minimum atomic E-state index is -0.298. The number of nitrogens with zero attached hydrogens (tertiary/aromatic N) is 3. The second-order valence-corrected chi connectivity index (χ2v) is 9.87. The van der Waals surface area contributed by atoms with Crippen LogP contribution in [0.3, 0.4) is 0 Å². The number of nitrogens with one attached hydrogen (secondary N) is 1. The molecule has 3 aromatic rings. The highest BCUT2D eigenvalue weighted by atomic mass is 35.5. The van der Waals surface area contributed by atoms with Gasteiger partial charge in [0.2, 0.25) is 17.6 Å². The Bertz CT molecular complexity index is 1110. The van der Waals surface area contributed by atoms with Crippen LogP contribution in [0.15, 0.2) is 47.0 Å². The van der Waals surface area contributed by atoms with Crippen LogP contribution in [-0.2, 0) is 17.1 Å². The van der Waals surface area contributed by atoms with Crippen LogP contribution in [0.25, 0.3) is 11.4 Å². The first-order valence-corrected chi connectivity index (χ1v) is 13.0. The van der Waals surface area contributed by atoms with Gasteiger partial charge in [0.15, 0.2) is 0 Å². The van der Waals surface area contributed by atoms with Crippen molar-refractivity contribution < 1.29 is 18.4 Å². The third-order valence-electron chi connectivity index (χ3n) is 5.91. The molecule has 10 heteroatoms. The second-order valence-electron chi connectivity index (χ2n) is 8.36. The lowest BCUT2D eigenvalue weighted by Gasteiger charge is -2.30. The Hall–Kier alpha value is -2.62. The summed E-state index contributed by atoms with van der Waals surface area (Å²) in [6.07, 6.45) is 1.78. The van der Waals surface area contributed by atoms with Gasteiger partial charge in [-0.05, 0) is 55.8 Å². The molecule has 1 unspecified atom stereocenters. The zero-order chi connectivity index (χ0) is 24.6. The van der Waals surface area contributed by atoms with Gasteiger partial charge in [0.25, 0.3) is 0 Å². The van der Waals surface area contributed by atoms with Crippen molar-refractivity contribution in [1.29, 1.82) is 0 Å². The average Bonchev–Trinajstić information content (AvgIpc) is 3.34. The molecule has 1 aliphatic rings. The number of carbonyl (C=O) groups excluding carboxylic acids is 1. The first-order chi connectivity index (χ1) is 17.0. The Kier molecular flexibility index (Phi) is 9.01. The van der Waals surface area contributed by atoms with Crippen LogP contribution in [0, 0.1) is 11.7 Å². The summed E-state index contributed by atoms with van der Waals surface area (Å²) in [7, 11) is 1.62. The Morgan fingerprint density at radius 1 is 1.31 bits per heavy atom. The lowest BCUT2D eigenvalue weighted by molar-refractivity contribution is -0.126. The smallest absolute Gasteiger partial charge is 0.241 e. The SMILES string of the molecule is COc1ccc(-c2noc(CN3CCCC(C(=O)NCCSCc4c(F)cccc4Cl)C3)n2)cc1. The Labute approximate surface area is 213 Å². The predicted octanol–water partition coefficient (Wildman–Crippen LogP) is 4.80. The summed E-state index contributed by atoms with van der Waals surface area (Å²) in [6, 6.07) is 12.2. The highest BCUT2D eigenvalue weighted by Gasteiger charge is 2.26. The lowest BCUT2D eigenvalue weighted by atomic mass is 9.97. The maximum absolute atomic E-state index is 13.8. The van der Waals surface area contributed by atoms with E-state index in [9.17, 15) is 9.18 Å². The molecule has 0 bridgehead atoms. The molecule has 186 valence electrons. The fraction of sp³-hybridized carbons (Fsp3) is 0.400. The van der Waals surface area contributed by atoms with Crippen molar-refractivity contribution in [2.24, 2.45) is 5.92 Å². The summed E-state index contributed by atoms with van der Waals surface area (Å²) >= 11 is 7.61. The Balaban J connectivity index is 1.21. The van der Waals surface area contributed by atoms with Crippen molar-refractivity contribution in [3.05, 3.63) is 64.8 Å². The number of thioether (sulfide) groups is 1. The molecule has 1 atom stereocenters. The van der Waals surface area contributed by atoms with E-state index in [1.807, 2.05) is 24.3 Å². The molecule has 35 heavy (non-hydrogen) atoms. The number of carbonyl (C=O) groups is 1. The van der Waals surface area contributed by atoms with E-state index in [0.717, 1.165) is 30.7 Å². The van der Waals surface area contributed by atoms with Crippen molar-refractivity contribution in [3.63, 3.8) is 0 Å². The fourth-order valence-corrected chi connectivity index (χ4v) is 5.21. The van der Waals surface area contributed by atoms with E-state index in [-0.39, 0.29) is 17.6 Å². The van der Waals surface area contributed by atoms with Gasteiger partial charge < -0.3 is 14.6 Å². The van der Waals surface area contributed by atoms with Crippen LogP contribution < -0.4 is 10.1 Å². The Morgan fingerprint density at radius 2 is 2.14 bits per heavy atom. The van der Waals surface area contributed by atoms with E-state index in [0.29, 0.717) is 53.4 Å². The number of aromatic nitrogens is 2. The molecular formula is C25H28ClFN4O3S. The zero-order valence-corrected chi connectivity index (χ0v) is 21.1. The molecule has 7 nitrogen and oxygen atoms in total. The number of rotatable bonds is 10. The number of methoxy groups -OCH3 is 1. The van der Waals surface area contributed by atoms with Crippen molar-refractivity contribution >= 4 is 29.3 Å². The van der Waals surface area contributed by atoms with Gasteiger partial charge in [-0.2, -0.15) is 16.7 Å². The first kappa shape index (κ1) is 25.5. The third kappa shape index (κ3) is 6.96. The van der Waals surface area contributed by atoms with Gasteiger partial charge in [0.05, 0.1) is 19.6 Å². The van der Waals surface area contributed by atoms with Crippen LogP contribution >= 0.6 is 23.4 Å². The zero-order valence-electron chi connectivity index (χ0n) is 19.5. The maximum Gasteiger partial charge on any atom is 0.241 e. The summed E-state index contributed by atoms with van der Waals surface area (Å²) in [6.45, 7) is 2.56. The molecule has 4 rings (SSSR count). The molecule has 2 heterocycles. The quantitative estimate of drug-likeness (QED) is 0.386. The van der Waals surface area contributed by atoms with Crippen LogP contribution in [-0.4, -0.2) is 53.4 Å². The molecule has 0 saturated carbocycles. The largest absolute Gasteiger partial charge is 0.497 e. The second kappa shape index (κ2) is 12.4. The van der Waals surface area contributed by atoms with Gasteiger partial charge in [-0.15, -0.1) is 0 Å². The molecule has 2 aromatic carbocycles. The van der Waals surface area contributed by atoms with Gasteiger partial charge in [-0.3, -0.25) is 9.69 Å². The van der Waals surface area contributed by atoms with Crippen molar-refractivity contribution in [2.75, 3.05) is 32.5 Å². The molecule has 1 aromatic heterocycles. The number of halogens is 2. The van der Waals surface area contributed by atoms with Gasteiger partial charge >= 0.3 is 0 Å². The number of hydrogen-bond acceptors (Lipinski definition) is 7. The first-order valence-electron chi connectivity index (χ1n) is 11.5. The number of piperidine rings is 1. The molecule has 1 N–H and O–H groups in total. The highest BCUT2D eigenvalue weighted by Crippen LogP contribution is 2.24. The summed E-state index contributed by atoms with van der Waals surface area (Å²) in [5.74, 6) is 2.65. The molecule has 0 aliphatic carbocycles. The summed E-state index contributed by atoms with van der Waals surface area (Å²) in [4.78, 5) is 19.4. The van der Waals surface area contributed by atoms with Crippen molar-refractivity contribution in [3.8, 4) is 17.1 Å². The average molecular weight is 519 g/mol. The minimum absolute atomic E-state index is 0.0451. The number of ether oxygens (including phenoxy) is 1. The highest BCUT2D eigenvalue weighted by molar-refractivity contribution is 7.98. The fourth-order valence-electron chi connectivity index (χ4n) is 4.02. The molecule has 1 amide bonds. The molecule has 0 spiro atoms. The van der Waals surface area contributed by atoms with Gasteiger partial charge in [0, 0.05) is 40.7 Å². The number of amides is 1. The summed E-state index contributed by atoms with van der Waals surface area (Å²) < 4.78 is 24.5. The number of likely N-dealkylation sites (tertiary alicyclic amines) is 1. The van der Waals surface area contributed by atoms with Gasteiger partial charge in [-0.25, -0.2) is 4.39 Å². The summed E-state index contributed by atoms with van der Waals surface area (Å²) in [5.41, 5.74) is 1.36. The maximum atomic E-state index is 13.8. The summed E-state index contributed by atoms with van der Waals surface area (Å²) in [5, 5.41) is 7.53. The molecule has 1 fully saturated rings. The van der Waals surface area contributed by atoms with E-state index in [4.69, 9.17) is 20.9 Å². The van der Waals surface area contributed by atoms with E-state index in [1.54, 1.807) is 31.0 Å². The van der Waals surface area contributed by atoms with Crippen LogP contribution in [0.5, 0.6) is 5.75 Å². The predicted molar refractivity (Wildman–Crippen MR) is 135 cm³/mol. The molecular weight excluding hydrogens is 491 g/mol. The van der Waals surface area contributed by atoms with Crippen molar-refractivity contribution in [2.45, 2.75) is 25.1 Å². The normalized spacial score (nSPS) is 16.3. The number of benzene rings is 2. The van der Waals surface area contributed by atoms with Crippen LogP contribution in [0.4, 0.5) is 4.39 Å². The minimum Gasteiger partial charge on any atom is -0.497 e. The Morgan fingerprint density at radius 3 is 2.91 bits per heavy atom. The third-order valence-corrected chi connectivity index (χ3v) is 7.24. The van der Waals surface area contributed by atoms with Gasteiger partial charge in [0.1, 0.15) is 11.6 Å². The topological polar surface area (TPSA) is 80.5 Å². The van der Waals surface area contributed by atoms with Crippen LogP contribution in [0.2, 0.25) is 5.02 Å². The van der Waals surface area contributed by atoms with E-state index in [2.05, 4.69) is 20.4 Å². The van der Waals surface area contributed by atoms with Gasteiger partial charge in [-0.1, -0.05) is 22.8 Å². The van der Waals surface area contributed by atoms with E-state index >= 15 is 0 Å². The van der Waals surface area contributed by atoms with E-state index in [1.165, 1.54) is 6.07 Å². The molecule has 1 aliphatic heterocycles. The monoisotopic (exact) mass is 518 g/mol. The standard InChI is InChI=1S/C25H28ClFN4O3S/c1-33-19-9-7-17(8-10-19)24-29-23(34-30-24)15-31-12-3-4-18(14-31)25(32)28-11-13-35-16-20-21(26)5-2-6-22(20)27/h2,5-10,18H,3-4,11-16H2,1H3,(H,28,32).